The first kappa shape index (κ1) is 45.3. The van der Waals surface area contributed by atoms with Crippen LogP contribution in [0.4, 0.5) is 0 Å². The van der Waals surface area contributed by atoms with Crippen molar-refractivity contribution in [2.24, 2.45) is 0 Å². The van der Waals surface area contributed by atoms with Crippen LogP contribution in [0.1, 0.15) is 44.6 Å². The van der Waals surface area contributed by atoms with E-state index in [-0.39, 0.29) is 78.2 Å². The number of rotatable bonds is 18. The Kier molecular flexibility index (Phi) is 12.8. The van der Waals surface area contributed by atoms with Crippen molar-refractivity contribution in [3.63, 3.8) is 0 Å². The zero-order valence-corrected chi connectivity index (χ0v) is 37.6. The molecule has 66 heavy (non-hydrogen) atoms. The van der Waals surface area contributed by atoms with Gasteiger partial charge in [-0.25, -0.2) is 34.6 Å². The Labute approximate surface area is 381 Å². The number of ketones is 2. The van der Waals surface area contributed by atoms with E-state index in [9.17, 15) is 34.8 Å². The van der Waals surface area contributed by atoms with Crippen LogP contribution in [-0.4, -0.2) is 66.8 Å². The molecule has 8 aromatic rings. The largest absolute Gasteiger partial charge is 0.364 e. The maximum absolute atomic E-state index is 13.4. The minimum atomic E-state index is -3.82. The van der Waals surface area contributed by atoms with Crippen molar-refractivity contribution >= 4 is 41.1 Å². The third-order valence-corrected chi connectivity index (χ3v) is 16.1. The van der Waals surface area contributed by atoms with Crippen molar-refractivity contribution in [1.29, 1.82) is 0 Å². The van der Waals surface area contributed by atoms with Crippen LogP contribution in [0, 0.1) is 0 Å². The molecule has 2 aromatic heterocycles. The summed E-state index contributed by atoms with van der Waals surface area (Å²) in [5.41, 5.74) is 0.778. The van der Waals surface area contributed by atoms with E-state index in [4.69, 9.17) is 4.74 Å². The lowest BCUT2D eigenvalue weighted by Crippen LogP contribution is -2.29. The van der Waals surface area contributed by atoms with Gasteiger partial charge in [-0.15, -0.1) is 10.2 Å². The van der Waals surface area contributed by atoms with E-state index in [2.05, 4.69) is 20.6 Å². The van der Waals surface area contributed by atoms with Crippen LogP contribution in [0.5, 0.6) is 0 Å². The van der Waals surface area contributed by atoms with Crippen molar-refractivity contribution < 1.29 is 39.6 Å². The number of carbonyl (C=O) groups is 2. The Hall–Kier alpha value is -7.25. The molecule has 6 aromatic carbocycles. The highest BCUT2D eigenvalue weighted by Crippen LogP contribution is 2.32. The zero-order valence-electron chi connectivity index (χ0n) is 35.2. The highest BCUT2D eigenvalue weighted by Gasteiger charge is 2.31. The van der Waals surface area contributed by atoms with E-state index < -0.39 is 35.1 Å². The first-order valence-electron chi connectivity index (χ1n) is 20.3. The quantitative estimate of drug-likeness (QED) is 0.0812. The summed E-state index contributed by atoms with van der Waals surface area (Å²) in [4.78, 5) is 27.2. The van der Waals surface area contributed by atoms with Gasteiger partial charge < -0.3 is 4.74 Å². The van der Waals surface area contributed by atoms with Gasteiger partial charge in [0, 0.05) is 23.7 Å². The lowest BCUT2D eigenvalue weighted by atomic mass is 9.91. The number of aromatic nitrogens is 6. The van der Waals surface area contributed by atoms with Gasteiger partial charge in [0.2, 0.25) is 29.5 Å². The number of nitrogens with zero attached hydrogens (tertiary/aromatic N) is 6. The second-order valence-corrected chi connectivity index (χ2v) is 21.2. The average Bonchev–Trinajstić information content (AvgIpc) is 4.00. The average molecular weight is 941 g/mol. The summed E-state index contributed by atoms with van der Waals surface area (Å²) in [6, 6.07) is 41.7. The zero-order chi connectivity index (χ0) is 46.5. The number of carbonyl (C=O) groups excluding carboxylic acids is 2. The lowest BCUT2D eigenvalue weighted by molar-refractivity contribution is -0.0499. The number of benzene rings is 6. The molecule has 18 heteroatoms. The van der Waals surface area contributed by atoms with Crippen molar-refractivity contribution in [1.82, 2.24) is 30.0 Å². The maximum atomic E-state index is 13.4. The normalized spacial score (nSPS) is 12.9. The maximum Gasteiger partial charge on any atom is 0.206 e. The summed E-state index contributed by atoms with van der Waals surface area (Å²) in [5, 5.41) is 16.8. The molecule has 0 saturated carbocycles. The van der Waals surface area contributed by atoms with Gasteiger partial charge in [0.25, 0.3) is 0 Å². The van der Waals surface area contributed by atoms with Gasteiger partial charge in [-0.3, -0.25) is 9.59 Å². The topological polar surface area (TPSA) is 207 Å². The molecular formula is C48H40N6O9S3. The number of ether oxygens (including phenoxy) is 1. The van der Waals surface area contributed by atoms with E-state index in [0.29, 0.717) is 17.0 Å². The Balaban J connectivity index is 0.972. The predicted octanol–water partition coefficient (Wildman–Crippen LogP) is 6.81. The molecule has 0 aliphatic rings. The SMILES string of the molecule is CC(Cc1cn(CC(=O)c2ccc(S(=O)(=O)c3ccccc3)cc2)nn1)(OCc1cn(CC(=O)c2ccc(S(=O)(=O)c3ccccc3)cc2)nn1)c1ccc(S(=O)(=O)c2ccccc2)cc1. The van der Waals surface area contributed by atoms with Crippen LogP contribution in [0.2, 0.25) is 0 Å². The Morgan fingerprint density at radius 3 is 1.20 bits per heavy atom. The Morgan fingerprint density at radius 1 is 0.470 bits per heavy atom. The molecule has 0 saturated heterocycles. The van der Waals surface area contributed by atoms with Crippen LogP contribution in [0.3, 0.4) is 0 Å². The van der Waals surface area contributed by atoms with Crippen LogP contribution >= 0.6 is 0 Å². The van der Waals surface area contributed by atoms with Gasteiger partial charge in [-0.2, -0.15) is 0 Å². The molecule has 15 nitrogen and oxygen atoms in total. The summed E-state index contributed by atoms with van der Waals surface area (Å²) in [7, 11) is -11.3. The third-order valence-electron chi connectivity index (χ3n) is 10.7. The highest BCUT2D eigenvalue weighted by atomic mass is 32.2. The summed E-state index contributed by atoms with van der Waals surface area (Å²) < 4.78 is 88.2. The van der Waals surface area contributed by atoms with E-state index >= 15 is 0 Å². The molecule has 0 amide bonds. The number of hydrogen-bond donors (Lipinski definition) is 0. The summed E-state index contributed by atoms with van der Waals surface area (Å²) in [6.07, 6.45) is 3.25. The fourth-order valence-corrected chi connectivity index (χ4v) is 11.0. The van der Waals surface area contributed by atoms with Crippen molar-refractivity contribution in [3.8, 4) is 0 Å². The fraction of sp³-hybridized carbons (Fsp3) is 0.125. The monoisotopic (exact) mass is 940 g/mol. The Morgan fingerprint density at radius 2 is 0.803 bits per heavy atom. The van der Waals surface area contributed by atoms with E-state index in [1.165, 1.54) is 106 Å². The van der Waals surface area contributed by atoms with E-state index in [0.717, 1.165) is 0 Å². The molecule has 0 spiro atoms. The third kappa shape index (κ3) is 9.86. The van der Waals surface area contributed by atoms with Gasteiger partial charge in [0.1, 0.15) is 18.8 Å². The molecule has 0 aliphatic carbocycles. The minimum Gasteiger partial charge on any atom is -0.364 e. The van der Waals surface area contributed by atoms with Crippen LogP contribution < -0.4 is 0 Å². The van der Waals surface area contributed by atoms with Crippen LogP contribution in [0.25, 0.3) is 0 Å². The highest BCUT2D eigenvalue weighted by molar-refractivity contribution is 7.92. The second-order valence-electron chi connectivity index (χ2n) is 15.4. The van der Waals surface area contributed by atoms with Gasteiger partial charge >= 0.3 is 0 Å². The van der Waals surface area contributed by atoms with Gasteiger partial charge in [0.05, 0.1) is 53.5 Å². The van der Waals surface area contributed by atoms with Gasteiger partial charge in [0.15, 0.2) is 11.6 Å². The summed E-state index contributed by atoms with van der Waals surface area (Å²) in [6.45, 7) is 1.31. The van der Waals surface area contributed by atoms with Crippen molar-refractivity contribution in [3.05, 3.63) is 204 Å². The standard InChI is InChI=1S/C48H40N6O9S3/c1-48(37-21-27-45(28-22-37)66(61,62)42-15-9-4-10-16-42,29-38-30-53(51-49-38)32-46(55)35-17-23-43(24-18-35)64(57,58)40-11-5-2-6-12-40)63-34-39-31-54(52-50-39)33-47(56)36-19-25-44(26-20-36)65(59,60)41-13-7-3-8-14-41/h2-28,30-31H,29,32-34H2,1H3. The number of Topliss-reactive ketones (excluding diaryl/α,β-unsaturated/α-hetero) is 2. The van der Waals surface area contributed by atoms with Crippen LogP contribution in [-0.2, 0) is 66.0 Å². The first-order valence-corrected chi connectivity index (χ1v) is 24.8. The molecular weight excluding hydrogens is 901 g/mol. The molecule has 0 fully saturated rings. The molecule has 0 bridgehead atoms. The van der Waals surface area contributed by atoms with Crippen LogP contribution in [0.15, 0.2) is 206 Å². The van der Waals surface area contributed by atoms with Crippen molar-refractivity contribution in [2.75, 3.05) is 0 Å². The van der Waals surface area contributed by atoms with Gasteiger partial charge in [-0.1, -0.05) is 101 Å². The van der Waals surface area contributed by atoms with E-state index in [1.54, 1.807) is 86.0 Å². The summed E-state index contributed by atoms with van der Waals surface area (Å²) in [5.74, 6) is -0.667. The fourth-order valence-electron chi connectivity index (χ4n) is 7.10. The smallest absolute Gasteiger partial charge is 0.206 e. The molecule has 0 aliphatic heterocycles. The number of sulfone groups is 3. The van der Waals surface area contributed by atoms with Gasteiger partial charge in [-0.05, 0) is 85.3 Å². The molecule has 1 unspecified atom stereocenters. The first-order chi connectivity index (χ1) is 31.6. The molecule has 334 valence electrons. The number of hydrogen-bond acceptors (Lipinski definition) is 13. The molecule has 2 heterocycles. The molecule has 0 N–H and O–H groups in total. The minimum absolute atomic E-state index is 0.0519. The van der Waals surface area contributed by atoms with E-state index in [1.807, 2.05) is 0 Å². The van der Waals surface area contributed by atoms with Crippen molar-refractivity contribution in [2.45, 2.75) is 68.0 Å². The summed E-state index contributed by atoms with van der Waals surface area (Å²) >= 11 is 0. The predicted molar refractivity (Wildman–Crippen MR) is 240 cm³/mol. The molecule has 8 rings (SSSR count). The lowest BCUT2D eigenvalue weighted by Gasteiger charge is -2.30. The molecule has 1 atom stereocenters. The molecule has 0 radical (unpaired) electrons. The Bertz CT molecular complexity index is 3350. The second kappa shape index (κ2) is 18.7.